The smallest absolute Gasteiger partial charge is 0.160 e. The fraction of sp³-hybridized carbons (Fsp3) is 0.0847. The van der Waals surface area contributed by atoms with E-state index < -0.39 is 0 Å². The third kappa shape index (κ3) is 10.9. The van der Waals surface area contributed by atoms with E-state index >= 15 is 0 Å². The van der Waals surface area contributed by atoms with Crippen molar-refractivity contribution < 1.29 is 9.13 Å². The van der Waals surface area contributed by atoms with Crippen LogP contribution in [0, 0.1) is 12.7 Å². The van der Waals surface area contributed by atoms with E-state index in [1.54, 1.807) is 19.2 Å². The maximum Gasteiger partial charge on any atom is 0.160 e. The van der Waals surface area contributed by atoms with Gasteiger partial charge in [0, 0.05) is 79.1 Å². The molecule has 0 unspecified atom stereocenters. The maximum atomic E-state index is 13.8. The highest BCUT2D eigenvalue weighted by atomic mass is 19.1. The van der Waals surface area contributed by atoms with Gasteiger partial charge >= 0.3 is 0 Å². The Kier molecular flexibility index (Phi) is 13.3. The predicted molar refractivity (Wildman–Crippen MR) is 274 cm³/mol. The first-order valence-electron chi connectivity index (χ1n) is 23.0. The summed E-state index contributed by atoms with van der Waals surface area (Å²) in [6, 6.07) is 59.5. The number of hydrogen-bond acceptors (Lipinski definition) is 7. The third-order valence-electron chi connectivity index (χ3n) is 11.7. The molecular formula is C59H48FN9O. The van der Waals surface area contributed by atoms with Crippen molar-refractivity contribution in [3.8, 4) is 74.1 Å². The fourth-order valence-electron chi connectivity index (χ4n) is 7.97. The number of imidazole rings is 3. The van der Waals surface area contributed by atoms with Gasteiger partial charge in [0.05, 0.1) is 24.2 Å². The summed E-state index contributed by atoms with van der Waals surface area (Å²) >= 11 is 0. The van der Waals surface area contributed by atoms with Crippen molar-refractivity contribution in [3.63, 3.8) is 0 Å². The Morgan fingerprint density at radius 3 is 1.14 bits per heavy atom. The van der Waals surface area contributed by atoms with Crippen LogP contribution >= 0.6 is 0 Å². The SMILES string of the molecule is COc1ccc(Cn2ccc3nc(-c4ccccc4)nc-3c2)cc1.Cc1ccc(Cn2ccc3nc(-c4ccccc4)nc-3c2)cc1.Fc1ccccc1Cn1ccc2nc(-c3ccccc3)nc-2c1. The zero-order chi connectivity index (χ0) is 47.7. The zero-order valence-corrected chi connectivity index (χ0v) is 38.7. The first kappa shape index (κ1) is 44.7. The first-order valence-corrected chi connectivity index (χ1v) is 23.0. The van der Waals surface area contributed by atoms with Gasteiger partial charge in [-0.1, -0.05) is 151 Å². The Morgan fingerprint density at radius 2 is 0.743 bits per heavy atom. The second-order valence-electron chi connectivity index (χ2n) is 16.8. The summed E-state index contributed by atoms with van der Waals surface area (Å²) in [6.07, 6.45) is 12.0. The molecular weight excluding hydrogens is 870 g/mol. The van der Waals surface area contributed by atoms with Gasteiger partial charge in [0.1, 0.15) is 28.6 Å². The minimum absolute atomic E-state index is 0.196. The summed E-state index contributed by atoms with van der Waals surface area (Å²) in [5, 5.41) is 0. The van der Waals surface area contributed by atoms with Crippen molar-refractivity contribution in [1.82, 2.24) is 43.6 Å². The molecule has 70 heavy (non-hydrogen) atoms. The van der Waals surface area contributed by atoms with E-state index in [0.29, 0.717) is 17.9 Å². The predicted octanol–water partition coefficient (Wildman–Crippen LogP) is 12.8. The lowest BCUT2D eigenvalue weighted by atomic mass is 10.1. The normalized spacial score (nSPS) is 11.0. The number of rotatable bonds is 10. The van der Waals surface area contributed by atoms with E-state index in [1.807, 2.05) is 157 Å². The number of ether oxygens (including phenoxy) is 1. The monoisotopic (exact) mass is 917 g/mol. The molecule has 6 aromatic carbocycles. The van der Waals surface area contributed by atoms with Crippen molar-refractivity contribution in [3.05, 3.63) is 247 Å². The Labute approximate surface area is 406 Å². The highest BCUT2D eigenvalue weighted by Gasteiger charge is 2.15. The number of halogens is 1. The molecule has 0 bridgehead atoms. The number of aromatic nitrogens is 9. The molecule has 342 valence electrons. The molecule has 6 aliphatic rings. The topological polar surface area (TPSA) is 101 Å². The first-order chi connectivity index (χ1) is 34.4. The molecule has 0 radical (unpaired) electrons. The van der Waals surface area contributed by atoms with Crippen LogP contribution in [-0.2, 0) is 19.6 Å². The molecule has 11 heteroatoms. The number of fused-ring (bicyclic) bond motifs is 3. The van der Waals surface area contributed by atoms with Crippen LogP contribution in [0.2, 0.25) is 0 Å². The summed E-state index contributed by atoms with van der Waals surface area (Å²) < 4.78 is 25.2. The average molecular weight is 918 g/mol. The zero-order valence-electron chi connectivity index (χ0n) is 38.7. The fourth-order valence-corrected chi connectivity index (χ4v) is 7.97. The average Bonchev–Trinajstić information content (AvgIpc) is 4.16. The lowest BCUT2D eigenvalue weighted by Gasteiger charge is -2.08. The number of pyridine rings is 3. The van der Waals surface area contributed by atoms with Crippen molar-refractivity contribution in [2.75, 3.05) is 7.11 Å². The molecule has 0 aromatic heterocycles. The van der Waals surface area contributed by atoms with E-state index in [-0.39, 0.29) is 5.82 Å². The molecule has 6 aromatic rings. The summed E-state index contributed by atoms with van der Waals surface area (Å²) in [7, 11) is 1.68. The van der Waals surface area contributed by atoms with E-state index in [2.05, 4.69) is 94.8 Å². The van der Waals surface area contributed by atoms with Crippen LogP contribution in [0.1, 0.15) is 22.3 Å². The summed E-state index contributed by atoms with van der Waals surface area (Å²) in [5.41, 5.74) is 12.8. The highest BCUT2D eigenvalue weighted by Crippen LogP contribution is 2.28. The van der Waals surface area contributed by atoms with Crippen molar-refractivity contribution in [2.45, 2.75) is 26.6 Å². The van der Waals surface area contributed by atoms with Gasteiger partial charge in [-0.05, 0) is 54.4 Å². The number of benzene rings is 6. The Hall–Kier alpha value is -9.09. The van der Waals surface area contributed by atoms with Crippen molar-refractivity contribution >= 4 is 0 Å². The van der Waals surface area contributed by atoms with Crippen LogP contribution in [0.5, 0.6) is 5.75 Å². The van der Waals surface area contributed by atoms with Crippen LogP contribution in [0.15, 0.2) is 219 Å². The van der Waals surface area contributed by atoms with Crippen molar-refractivity contribution in [2.24, 2.45) is 0 Å². The Balaban J connectivity index is 0.000000122. The number of hydrogen-bond donors (Lipinski definition) is 0. The molecule has 0 atom stereocenters. The second-order valence-corrected chi connectivity index (χ2v) is 16.8. The Bertz CT molecular complexity index is 3460. The number of aryl methyl sites for hydroxylation is 1. The molecule has 0 amide bonds. The lowest BCUT2D eigenvalue weighted by Crippen LogP contribution is -2.02. The molecule has 0 spiro atoms. The molecule has 0 saturated carbocycles. The van der Waals surface area contributed by atoms with Gasteiger partial charge in [-0.2, -0.15) is 0 Å². The van der Waals surface area contributed by atoms with Crippen LogP contribution in [0.25, 0.3) is 68.3 Å². The highest BCUT2D eigenvalue weighted by molar-refractivity contribution is 5.67. The molecule has 10 nitrogen and oxygen atoms in total. The summed E-state index contributed by atoms with van der Waals surface area (Å²) in [6.45, 7) is 4.20. The molecule has 0 saturated heterocycles. The van der Waals surface area contributed by atoms with E-state index in [0.717, 1.165) is 81.3 Å². The molecule has 6 heterocycles. The standard InChI is InChI=1S/C20H17N3O.C20H17N3.C19H14FN3/c1-24-17-9-7-15(8-10-17)13-23-12-11-18-19(14-23)22-20(21-18)16-5-3-2-4-6-16;1-15-7-9-16(10-8-15)13-23-12-11-18-19(14-23)22-20(21-18)17-5-3-2-4-6-17;20-16-9-5-4-8-15(16)12-23-11-10-17-18(13-23)22-19(21-17)14-6-2-1-3-7-14/h2-12,14H,13H2,1H3;2-12,14H,13H2,1H3;1-11,13H,12H2. The van der Waals surface area contributed by atoms with Gasteiger partial charge in [-0.25, -0.2) is 34.3 Å². The largest absolute Gasteiger partial charge is 0.497 e. The summed E-state index contributed by atoms with van der Waals surface area (Å²) in [4.78, 5) is 27.7. The molecule has 0 N–H and O–H groups in total. The quantitative estimate of drug-likeness (QED) is 0.135. The second kappa shape index (κ2) is 20.8. The molecule has 12 rings (SSSR count). The van der Waals surface area contributed by atoms with E-state index in [9.17, 15) is 4.39 Å². The summed E-state index contributed by atoms with van der Waals surface area (Å²) in [5.74, 6) is 2.94. The van der Waals surface area contributed by atoms with Crippen LogP contribution < -0.4 is 4.74 Å². The van der Waals surface area contributed by atoms with Crippen LogP contribution in [-0.4, -0.2) is 50.7 Å². The van der Waals surface area contributed by atoms with Gasteiger partial charge in [0.15, 0.2) is 17.5 Å². The molecule has 0 aliphatic carbocycles. The van der Waals surface area contributed by atoms with Gasteiger partial charge in [-0.3, -0.25) is 0 Å². The van der Waals surface area contributed by atoms with Gasteiger partial charge < -0.3 is 18.4 Å². The number of methoxy groups -OCH3 is 1. The lowest BCUT2D eigenvalue weighted by molar-refractivity contribution is 0.414. The Morgan fingerprint density at radius 1 is 0.386 bits per heavy atom. The van der Waals surface area contributed by atoms with Gasteiger partial charge in [-0.15, -0.1) is 0 Å². The van der Waals surface area contributed by atoms with Gasteiger partial charge in [0.2, 0.25) is 0 Å². The van der Waals surface area contributed by atoms with Gasteiger partial charge in [0.25, 0.3) is 0 Å². The van der Waals surface area contributed by atoms with Crippen LogP contribution in [0.4, 0.5) is 4.39 Å². The van der Waals surface area contributed by atoms with Crippen LogP contribution in [0.3, 0.4) is 0 Å². The minimum atomic E-state index is -0.196. The third-order valence-corrected chi connectivity index (χ3v) is 11.7. The van der Waals surface area contributed by atoms with Crippen molar-refractivity contribution in [1.29, 1.82) is 0 Å². The van der Waals surface area contributed by atoms with E-state index in [4.69, 9.17) is 4.74 Å². The van der Waals surface area contributed by atoms with E-state index in [1.165, 1.54) is 22.8 Å². The maximum absolute atomic E-state index is 13.8. The number of nitrogens with zero attached hydrogens (tertiary/aromatic N) is 9. The molecule has 6 aliphatic heterocycles. The minimum Gasteiger partial charge on any atom is -0.497 e. The molecule has 0 fully saturated rings.